The molecule has 6 nitrogen and oxygen atoms in total. The van der Waals surface area contributed by atoms with Gasteiger partial charge in [0.15, 0.2) is 5.11 Å². The molecule has 1 aromatic heterocycles. The van der Waals surface area contributed by atoms with Gasteiger partial charge in [-0.15, -0.1) is 0 Å². The summed E-state index contributed by atoms with van der Waals surface area (Å²) in [5.41, 5.74) is 3.19. The van der Waals surface area contributed by atoms with E-state index >= 15 is 0 Å². The lowest BCUT2D eigenvalue weighted by Gasteiger charge is -2.36. The highest BCUT2D eigenvalue weighted by Crippen LogP contribution is 2.23. The second-order valence-corrected chi connectivity index (χ2v) is 8.54. The van der Waals surface area contributed by atoms with Gasteiger partial charge < -0.3 is 19.7 Å². The number of hydrogen-bond acceptors (Lipinski definition) is 5. The van der Waals surface area contributed by atoms with Gasteiger partial charge in [0.25, 0.3) is 0 Å². The fourth-order valence-corrected chi connectivity index (χ4v) is 4.42. The van der Waals surface area contributed by atoms with Gasteiger partial charge in [-0.2, -0.15) is 0 Å². The smallest absolute Gasteiger partial charge is 0.224 e. The first kappa shape index (κ1) is 22.3. The first-order valence-corrected chi connectivity index (χ1v) is 11.8. The average Bonchev–Trinajstić information content (AvgIpc) is 2.91. The van der Waals surface area contributed by atoms with E-state index in [9.17, 15) is 0 Å². The van der Waals surface area contributed by atoms with Crippen LogP contribution in [0.2, 0.25) is 0 Å². The third-order valence-electron chi connectivity index (χ3n) is 5.87. The fraction of sp³-hybridized carbons (Fsp3) is 0.222. The second-order valence-electron chi connectivity index (χ2n) is 8.15. The monoisotopic (exact) mass is 470 g/mol. The van der Waals surface area contributed by atoms with Crippen LogP contribution < -0.4 is 10.1 Å². The van der Waals surface area contributed by atoms with Crippen molar-refractivity contribution in [3.63, 3.8) is 0 Å². The molecule has 0 saturated carbocycles. The molecule has 1 saturated heterocycles. The number of benzene rings is 3. The number of fused-ring (bicyclic) bond motifs is 1. The molecular weight excluding hydrogens is 444 g/mol. The maximum Gasteiger partial charge on any atom is 0.224 e. The van der Waals surface area contributed by atoms with Crippen molar-refractivity contribution in [2.45, 2.75) is 12.1 Å². The van der Waals surface area contributed by atoms with Gasteiger partial charge in [0.2, 0.25) is 5.88 Å². The Bertz CT molecular complexity index is 1190. The minimum absolute atomic E-state index is 0.0279. The highest BCUT2D eigenvalue weighted by Gasteiger charge is 2.25. The third kappa shape index (κ3) is 5.16. The summed E-state index contributed by atoms with van der Waals surface area (Å²) in [6, 6.07) is 28.5. The molecule has 7 heteroatoms. The van der Waals surface area contributed by atoms with Crippen LogP contribution in [0, 0.1) is 0 Å². The van der Waals surface area contributed by atoms with Crippen LogP contribution in [0.1, 0.15) is 17.2 Å². The summed E-state index contributed by atoms with van der Waals surface area (Å²) in [7, 11) is 0. The van der Waals surface area contributed by atoms with Crippen molar-refractivity contribution >= 4 is 28.2 Å². The molecule has 0 spiro atoms. The van der Waals surface area contributed by atoms with Crippen LogP contribution in [0.3, 0.4) is 0 Å². The number of nitrogens with zero attached hydrogens (tertiary/aromatic N) is 3. The highest BCUT2D eigenvalue weighted by atomic mass is 32.1. The van der Waals surface area contributed by atoms with Crippen molar-refractivity contribution in [2.24, 2.45) is 0 Å². The Kier molecular flexibility index (Phi) is 6.93. The first-order chi connectivity index (χ1) is 16.8. The maximum atomic E-state index is 6.04. The lowest BCUT2D eigenvalue weighted by atomic mass is 9.99. The van der Waals surface area contributed by atoms with Gasteiger partial charge in [0, 0.05) is 13.1 Å². The summed E-state index contributed by atoms with van der Waals surface area (Å²) in [4.78, 5) is 10.8. The van der Waals surface area contributed by atoms with E-state index in [1.165, 1.54) is 17.5 Å². The molecular formula is C27H26N4O2S. The van der Waals surface area contributed by atoms with Crippen LogP contribution in [0.4, 0.5) is 0 Å². The standard InChI is InChI=1S/C27H26N4O2S/c34-27(30-25(20-9-3-1-4-10-20)21-11-5-2-6-12-21)31-15-16-32-22(17-31)18-33-26-23-13-7-8-14-24(23)28-19-29-26/h1-14,19,22,25H,15-18H2,(H,30,34). The zero-order chi connectivity index (χ0) is 23.2. The van der Waals surface area contributed by atoms with E-state index in [4.69, 9.17) is 21.7 Å². The molecule has 1 aliphatic heterocycles. The zero-order valence-corrected chi connectivity index (χ0v) is 19.5. The number of nitrogens with one attached hydrogen (secondary N) is 1. The van der Waals surface area contributed by atoms with Crippen molar-refractivity contribution in [3.8, 4) is 5.88 Å². The Hall–Kier alpha value is -3.55. The van der Waals surface area contributed by atoms with Crippen LogP contribution in [-0.4, -0.2) is 52.4 Å². The average molecular weight is 471 g/mol. The van der Waals surface area contributed by atoms with Crippen LogP contribution in [-0.2, 0) is 4.74 Å². The van der Waals surface area contributed by atoms with Crippen LogP contribution in [0.25, 0.3) is 10.9 Å². The molecule has 1 fully saturated rings. The number of aromatic nitrogens is 2. The molecule has 5 rings (SSSR count). The van der Waals surface area contributed by atoms with Crippen molar-refractivity contribution in [1.29, 1.82) is 0 Å². The number of thiocarbonyl (C=S) groups is 1. The summed E-state index contributed by atoms with van der Waals surface area (Å²) in [5, 5.41) is 5.18. The van der Waals surface area contributed by atoms with E-state index in [1.807, 2.05) is 36.4 Å². The number of para-hydroxylation sites is 1. The van der Waals surface area contributed by atoms with Crippen molar-refractivity contribution < 1.29 is 9.47 Å². The summed E-state index contributed by atoms with van der Waals surface area (Å²) in [6.07, 6.45) is 1.41. The molecule has 172 valence electrons. The molecule has 3 aromatic carbocycles. The predicted octanol–water partition coefficient (Wildman–Crippen LogP) is 4.37. The molecule has 0 amide bonds. The van der Waals surface area contributed by atoms with Crippen molar-refractivity contribution in [2.75, 3.05) is 26.3 Å². The SMILES string of the molecule is S=C(NC(c1ccccc1)c1ccccc1)N1CCOC(COc2ncnc3ccccc23)C1. The topological polar surface area (TPSA) is 59.5 Å². The van der Waals surface area contributed by atoms with E-state index in [0.717, 1.165) is 17.4 Å². The molecule has 1 atom stereocenters. The Labute approximate surface area is 204 Å². The van der Waals surface area contributed by atoms with Gasteiger partial charge in [-0.05, 0) is 35.5 Å². The molecule has 1 unspecified atom stereocenters. The molecule has 2 heterocycles. The molecule has 1 aliphatic rings. The summed E-state index contributed by atoms with van der Waals surface area (Å²) in [6.45, 7) is 2.35. The van der Waals surface area contributed by atoms with Crippen molar-refractivity contribution in [3.05, 3.63) is 102 Å². The highest BCUT2D eigenvalue weighted by molar-refractivity contribution is 7.80. The third-order valence-corrected chi connectivity index (χ3v) is 6.25. The van der Waals surface area contributed by atoms with Crippen molar-refractivity contribution in [1.82, 2.24) is 20.2 Å². The van der Waals surface area contributed by atoms with E-state index in [-0.39, 0.29) is 12.1 Å². The van der Waals surface area contributed by atoms with Gasteiger partial charge in [-0.3, -0.25) is 0 Å². The number of hydrogen-bond donors (Lipinski definition) is 1. The summed E-state index contributed by atoms with van der Waals surface area (Å²) < 4.78 is 12.0. The van der Waals surface area contributed by atoms with Gasteiger partial charge in [0.05, 0.1) is 23.6 Å². The van der Waals surface area contributed by atoms with Gasteiger partial charge >= 0.3 is 0 Å². The van der Waals surface area contributed by atoms with Gasteiger partial charge in [0.1, 0.15) is 19.0 Å². The minimum Gasteiger partial charge on any atom is -0.474 e. The molecule has 0 bridgehead atoms. The first-order valence-electron chi connectivity index (χ1n) is 11.4. The Morgan fingerprint density at radius 2 is 1.65 bits per heavy atom. The Balaban J connectivity index is 1.25. The van der Waals surface area contributed by atoms with E-state index in [1.54, 1.807) is 0 Å². The normalized spacial score (nSPS) is 15.9. The van der Waals surface area contributed by atoms with Gasteiger partial charge in [-0.25, -0.2) is 9.97 Å². The van der Waals surface area contributed by atoms with Gasteiger partial charge in [-0.1, -0.05) is 72.8 Å². The zero-order valence-electron chi connectivity index (χ0n) is 18.7. The van der Waals surface area contributed by atoms with E-state index in [2.05, 4.69) is 68.7 Å². The quantitative estimate of drug-likeness (QED) is 0.420. The summed E-state index contributed by atoms with van der Waals surface area (Å²) in [5.74, 6) is 0.570. The lowest BCUT2D eigenvalue weighted by molar-refractivity contribution is -0.0293. The molecule has 34 heavy (non-hydrogen) atoms. The van der Waals surface area contributed by atoms with Crippen LogP contribution >= 0.6 is 12.2 Å². The van der Waals surface area contributed by atoms with E-state index in [0.29, 0.717) is 30.8 Å². The van der Waals surface area contributed by atoms with E-state index < -0.39 is 0 Å². The minimum atomic E-state index is -0.117. The number of rotatable bonds is 6. The summed E-state index contributed by atoms with van der Waals surface area (Å²) >= 11 is 5.84. The maximum absolute atomic E-state index is 6.04. The largest absolute Gasteiger partial charge is 0.474 e. The van der Waals surface area contributed by atoms with Crippen LogP contribution in [0.5, 0.6) is 5.88 Å². The second kappa shape index (κ2) is 10.6. The fourth-order valence-electron chi connectivity index (χ4n) is 4.14. The molecule has 0 radical (unpaired) electrons. The number of ether oxygens (including phenoxy) is 2. The number of morpholine rings is 1. The Morgan fingerprint density at radius 1 is 0.971 bits per heavy atom. The predicted molar refractivity (Wildman–Crippen MR) is 137 cm³/mol. The molecule has 4 aromatic rings. The molecule has 0 aliphatic carbocycles. The molecule has 1 N–H and O–H groups in total. The van der Waals surface area contributed by atoms with Crippen LogP contribution in [0.15, 0.2) is 91.3 Å². The lowest BCUT2D eigenvalue weighted by Crippen LogP contribution is -2.51. The Morgan fingerprint density at radius 3 is 2.38 bits per heavy atom.